The summed E-state index contributed by atoms with van der Waals surface area (Å²) in [7, 11) is 0. The van der Waals surface area contributed by atoms with Crippen LogP contribution in [-0.4, -0.2) is 27.8 Å². The van der Waals surface area contributed by atoms with Crippen LogP contribution in [0.1, 0.15) is 37.0 Å². The van der Waals surface area contributed by atoms with Crippen LogP contribution in [0.15, 0.2) is 12.1 Å². The van der Waals surface area contributed by atoms with E-state index in [1.807, 2.05) is 0 Å². The van der Waals surface area contributed by atoms with Gasteiger partial charge in [-0.05, 0) is 32.9 Å². The standard InChI is InChI=1S/C12H17N3O4/c1-12(2,3)19-11(18)14-6-7-4-5-8(13)9(15-7)10(16)17/h4-5H,6,13H2,1-3H3,(H,14,18)(H,16,17). The molecule has 104 valence electrons. The Labute approximate surface area is 110 Å². The number of nitrogens with one attached hydrogen (secondary N) is 1. The zero-order valence-electron chi connectivity index (χ0n) is 11.1. The van der Waals surface area contributed by atoms with Crippen LogP contribution in [0.25, 0.3) is 0 Å². The molecule has 0 aromatic carbocycles. The van der Waals surface area contributed by atoms with Gasteiger partial charge in [0.2, 0.25) is 0 Å². The predicted octanol–water partition coefficient (Wildman–Crippen LogP) is 1.39. The lowest BCUT2D eigenvalue weighted by Crippen LogP contribution is -2.32. The Morgan fingerprint density at radius 2 is 2.05 bits per heavy atom. The molecule has 0 fully saturated rings. The number of hydrogen-bond donors (Lipinski definition) is 3. The molecular formula is C12H17N3O4. The second kappa shape index (κ2) is 5.55. The Morgan fingerprint density at radius 1 is 1.42 bits per heavy atom. The lowest BCUT2D eigenvalue weighted by molar-refractivity contribution is 0.0522. The van der Waals surface area contributed by atoms with Gasteiger partial charge < -0.3 is 20.9 Å². The number of amides is 1. The number of anilines is 1. The number of aromatic carboxylic acids is 1. The molecule has 0 spiro atoms. The minimum atomic E-state index is -1.21. The van der Waals surface area contributed by atoms with Gasteiger partial charge in [0.05, 0.1) is 17.9 Å². The van der Waals surface area contributed by atoms with Crippen LogP contribution in [0.3, 0.4) is 0 Å². The molecule has 19 heavy (non-hydrogen) atoms. The highest BCUT2D eigenvalue weighted by atomic mass is 16.6. The first kappa shape index (κ1) is 14.7. The van der Waals surface area contributed by atoms with Crippen LogP contribution in [0.4, 0.5) is 10.5 Å². The lowest BCUT2D eigenvalue weighted by Gasteiger charge is -2.19. The highest BCUT2D eigenvalue weighted by molar-refractivity contribution is 5.91. The first-order valence-corrected chi connectivity index (χ1v) is 5.64. The number of carboxylic acids is 1. The molecule has 0 aliphatic heterocycles. The number of nitrogens with zero attached hydrogens (tertiary/aromatic N) is 1. The van der Waals surface area contributed by atoms with Crippen molar-refractivity contribution in [3.63, 3.8) is 0 Å². The minimum Gasteiger partial charge on any atom is -0.476 e. The Bertz CT molecular complexity index is 494. The Balaban J connectivity index is 2.66. The van der Waals surface area contributed by atoms with Gasteiger partial charge in [0.1, 0.15) is 5.60 Å². The molecule has 7 nitrogen and oxygen atoms in total. The lowest BCUT2D eigenvalue weighted by atomic mass is 10.2. The van der Waals surface area contributed by atoms with Crippen molar-refractivity contribution in [1.29, 1.82) is 0 Å². The van der Waals surface area contributed by atoms with E-state index in [9.17, 15) is 9.59 Å². The molecule has 0 saturated carbocycles. The number of rotatable bonds is 3. The normalized spacial score (nSPS) is 10.9. The van der Waals surface area contributed by atoms with Crippen molar-refractivity contribution in [3.8, 4) is 0 Å². The molecule has 0 unspecified atom stereocenters. The summed E-state index contributed by atoms with van der Waals surface area (Å²) in [5.74, 6) is -1.21. The van der Waals surface area contributed by atoms with Crippen molar-refractivity contribution in [2.75, 3.05) is 5.73 Å². The highest BCUT2D eigenvalue weighted by Crippen LogP contribution is 2.10. The molecule has 0 radical (unpaired) electrons. The average Bonchev–Trinajstić information content (AvgIpc) is 2.25. The fraction of sp³-hybridized carbons (Fsp3) is 0.417. The summed E-state index contributed by atoms with van der Waals surface area (Å²) >= 11 is 0. The number of nitrogen functional groups attached to an aromatic ring is 1. The molecule has 0 bridgehead atoms. The maximum Gasteiger partial charge on any atom is 0.407 e. The van der Waals surface area contributed by atoms with Crippen LogP contribution in [0, 0.1) is 0 Å². The molecule has 1 aromatic heterocycles. The topological polar surface area (TPSA) is 115 Å². The SMILES string of the molecule is CC(C)(C)OC(=O)NCc1ccc(N)c(C(=O)O)n1. The van der Waals surface area contributed by atoms with E-state index in [-0.39, 0.29) is 17.9 Å². The maximum atomic E-state index is 11.4. The van der Waals surface area contributed by atoms with Gasteiger partial charge in [-0.2, -0.15) is 0 Å². The van der Waals surface area contributed by atoms with E-state index < -0.39 is 17.7 Å². The summed E-state index contributed by atoms with van der Waals surface area (Å²) < 4.78 is 5.04. The van der Waals surface area contributed by atoms with Gasteiger partial charge >= 0.3 is 12.1 Å². The molecule has 1 aromatic rings. The monoisotopic (exact) mass is 267 g/mol. The van der Waals surface area contributed by atoms with Crippen LogP contribution in [0.5, 0.6) is 0 Å². The second-order valence-electron chi connectivity index (χ2n) is 4.90. The molecule has 0 aliphatic carbocycles. The van der Waals surface area contributed by atoms with Crippen LogP contribution in [-0.2, 0) is 11.3 Å². The first-order chi connectivity index (χ1) is 8.69. The number of pyridine rings is 1. The molecule has 0 aliphatic rings. The van der Waals surface area contributed by atoms with Crippen molar-refractivity contribution in [2.24, 2.45) is 0 Å². The van der Waals surface area contributed by atoms with E-state index in [0.717, 1.165) is 0 Å². The van der Waals surface area contributed by atoms with Crippen molar-refractivity contribution in [2.45, 2.75) is 32.9 Å². The largest absolute Gasteiger partial charge is 0.476 e. The van der Waals surface area contributed by atoms with Gasteiger partial charge in [-0.25, -0.2) is 14.6 Å². The maximum absolute atomic E-state index is 11.4. The van der Waals surface area contributed by atoms with E-state index in [1.165, 1.54) is 6.07 Å². The number of carboxylic acid groups (broad SMARTS) is 1. The summed E-state index contributed by atoms with van der Waals surface area (Å²) in [6, 6.07) is 2.97. The van der Waals surface area contributed by atoms with Gasteiger partial charge in [-0.3, -0.25) is 0 Å². The van der Waals surface area contributed by atoms with E-state index in [0.29, 0.717) is 5.69 Å². The third-order valence-corrected chi connectivity index (χ3v) is 2.00. The number of carbonyl (C=O) groups excluding carboxylic acids is 1. The summed E-state index contributed by atoms with van der Waals surface area (Å²) in [5.41, 5.74) is 5.11. The van der Waals surface area contributed by atoms with Gasteiger partial charge in [0.15, 0.2) is 5.69 Å². The van der Waals surface area contributed by atoms with Gasteiger partial charge in [-0.1, -0.05) is 0 Å². The minimum absolute atomic E-state index is 0.0650. The number of ether oxygens (including phenoxy) is 1. The first-order valence-electron chi connectivity index (χ1n) is 5.64. The molecular weight excluding hydrogens is 250 g/mol. The molecule has 0 atom stereocenters. The number of alkyl carbamates (subject to hydrolysis) is 1. The summed E-state index contributed by atoms with van der Waals surface area (Å²) in [5, 5.41) is 11.3. The number of carbonyl (C=O) groups is 2. The quantitative estimate of drug-likeness (QED) is 0.762. The number of aromatic nitrogens is 1. The van der Waals surface area contributed by atoms with Crippen molar-refractivity contribution >= 4 is 17.7 Å². The van der Waals surface area contributed by atoms with E-state index in [2.05, 4.69) is 10.3 Å². The fourth-order valence-corrected chi connectivity index (χ4v) is 1.26. The van der Waals surface area contributed by atoms with E-state index in [1.54, 1.807) is 26.8 Å². The Hall–Kier alpha value is -2.31. The zero-order chi connectivity index (χ0) is 14.6. The molecule has 1 rings (SSSR count). The highest BCUT2D eigenvalue weighted by Gasteiger charge is 2.16. The third kappa shape index (κ3) is 4.82. The molecule has 1 heterocycles. The fourth-order valence-electron chi connectivity index (χ4n) is 1.26. The summed E-state index contributed by atoms with van der Waals surface area (Å²) in [6.07, 6.45) is -0.594. The van der Waals surface area contributed by atoms with Gasteiger partial charge in [0.25, 0.3) is 0 Å². The summed E-state index contributed by atoms with van der Waals surface area (Å²) in [6.45, 7) is 5.30. The van der Waals surface area contributed by atoms with Crippen LogP contribution in [0.2, 0.25) is 0 Å². The number of nitrogens with two attached hydrogens (primary N) is 1. The smallest absolute Gasteiger partial charge is 0.407 e. The zero-order valence-corrected chi connectivity index (χ0v) is 11.1. The van der Waals surface area contributed by atoms with Crippen LogP contribution < -0.4 is 11.1 Å². The van der Waals surface area contributed by atoms with Crippen molar-refractivity contribution in [1.82, 2.24) is 10.3 Å². The Morgan fingerprint density at radius 3 is 2.58 bits per heavy atom. The number of hydrogen-bond acceptors (Lipinski definition) is 5. The Kier molecular flexibility index (Phi) is 4.31. The average molecular weight is 267 g/mol. The molecule has 0 saturated heterocycles. The predicted molar refractivity (Wildman–Crippen MR) is 68.7 cm³/mol. The van der Waals surface area contributed by atoms with Gasteiger partial charge in [-0.15, -0.1) is 0 Å². The van der Waals surface area contributed by atoms with Crippen LogP contribution >= 0.6 is 0 Å². The summed E-state index contributed by atoms with van der Waals surface area (Å²) in [4.78, 5) is 26.1. The van der Waals surface area contributed by atoms with Crippen molar-refractivity contribution < 1.29 is 19.4 Å². The molecule has 4 N–H and O–H groups in total. The van der Waals surface area contributed by atoms with E-state index in [4.69, 9.17) is 15.6 Å². The molecule has 1 amide bonds. The van der Waals surface area contributed by atoms with E-state index >= 15 is 0 Å². The van der Waals surface area contributed by atoms with Gasteiger partial charge in [0, 0.05) is 0 Å². The second-order valence-corrected chi connectivity index (χ2v) is 4.90. The molecule has 7 heteroatoms. The van der Waals surface area contributed by atoms with Crippen molar-refractivity contribution in [3.05, 3.63) is 23.5 Å². The third-order valence-electron chi connectivity index (χ3n) is 2.00.